The largest absolute Gasteiger partial charge is 0.477 e. The van der Waals surface area contributed by atoms with Gasteiger partial charge in [-0.2, -0.15) is 5.10 Å². The number of carbonyl (C=O) groups is 1. The van der Waals surface area contributed by atoms with Crippen LogP contribution < -0.4 is 0 Å². The molecule has 0 aliphatic rings. The Hall–Kier alpha value is -2.99. The van der Waals surface area contributed by atoms with Gasteiger partial charge in [0.2, 0.25) is 0 Å². The highest BCUT2D eigenvalue weighted by Gasteiger charge is 2.11. The lowest BCUT2D eigenvalue weighted by atomic mass is 10.1. The van der Waals surface area contributed by atoms with Crippen LogP contribution in [0, 0.1) is 0 Å². The molecule has 3 aromatic rings. The fourth-order valence-corrected chi connectivity index (χ4v) is 2.47. The highest BCUT2D eigenvalue weighted by molar-refractivity contribution is 6.33. The molecule has 0 spiro atoms. The molecule has 0 aliphatic carbocycles. The van der Waals surface area contributed by atoms with Gasteiger partial charge in [0.1, 0.15) is 12.0 Å². The minimum atomic E-state index is -1.09. The molecule has 7 heteroatoms. The number of carboxylic acid groups (broad SMARTS) is 1. The summed E-state index contributed by atoms with van der Waals surface area (Å²) in [5.41, 5.74) is 2.86. The van der Waals surface area contributed by atoms with Gasteiger partial charge in [0.25, 0.3) is 0 Å². The van der Waals surface area contributed by atoms with Gasteiger partial charge >= 0.3 is 5.97 Å². The molecular formula is C17H13ClN4O2. The van der Waals surface area contributed by atoms with Gasteiger partial charge in [0, 0.05) is 24.4 Å². The Morgan fingerprint density at radius 3 is 2.79 bits per heavy atom. The lowest BCUT2D eigenvalue weighted by molar-refractivity contribution is 0.0690. The molecule has 2 heterocycles. The van der Waals surface area contributed by atoms with Crippen molar-refractivity contribution in [1.29, 1.82) is 0 Å². The van der Waals surface area contributed by atoms with Gasteiger partial charge in [-0.1, -0.05) is 29.8 Å². The zero-order valence-corrected chi connectivity index (χ0v) is 13.5. The predicted molar refractivity (Wildman–Crippen MR) is 91.6 cm³/mol. The highest BCUT2D eigenvalue weighted by atomic mass is 35.5. The first-order valence-corrected chi connectivity index (χ1v) is 7.44. The maximum absolute atomic E-state index is 11.0. The first-order chi connectivity index (χ1) is 11.5. The second-order valence-electron chi connectivity index (χ2n) is 5.05. The highest BCUT2D eigenvalue weighted by Crippen LogP contribution is 2.29. The summed E-state index contributed by atoms with van der Waals surface area (Å²) in [5.74, 6) is -1.09. The fraction of sp³-hybridized carbons (Fsp3) is 0.0588. The molecule has 0 saturated carbocycles. The zero-order chi connectivity index (χ0) is 17.1. The summed E-state index contributed by atoms with van der Waals surface area (Å²) >= 11 is 6.25. The maximum Gasteiger partial charge on any atom is 0.354 e. The van der Waals surface area contributed by atoms with E-state index in [9.17, 15) is 4.79 Å². The molecule has 120 valence electrons. The number of aryl methyl sites for hydroxylation is 1. The van der Waals surface area contributed by atoms with Gasteiger partial charge in [-0.05, 0) is 24.3 Å². The van der Waals surface area contributed by atoms with Crippen LogP contribution in [0.15, 0.2) is 42.9 Å². The fourth-order valence-electron chi connectivity index (χ4n) is 2.25. The van der Waals surface area contributed by atoms with Crippen molar-refractivity contribution in [2.24, 2.45) is 7.05 Å². The number of benzene rings is 1. The summed E-state index contributed by atoms with van der Waals surface area (Å²) in [6.07, 6.45) is 6.61. The molecule has 3 rings (SSSR count). The minimum Gasteiger partial charge on any atom is -0.477 e. The number of aromatic nitrogens is 4. The third-order valence-electron chi connectivity index (χ3n) is 3.33. The van der Waals surface area contributed by atoms with E-state index in [1.807, 2.05) is 43.6 Å². The summed E-state index contributed by atoms with van der Waals surface area (Å²) in [5, 5.41) is 14.0. The Morgan fingerprint density at radius 2 is 2.04 bits per heavy atom. The number of hydrogen-bond donors (Lipinski definition) is 1. The van der Waals surface area contributed by atoms with Crippen LogP contribution in [0.4, 0.5) is 0 Å². The number of hydrogen-bond acceptors (Lipinski definition) is 4. The molecule has 0 radical (unpaired) electrons. The van der Waals surface area contributed by atoms with Crippen molar-refractivity contribution in [2.45, 2.75) is 0 Å². The second kappa shape index (κ2) is 6.64. The Balaban J connectivity index is 1.98. The molecule has 1 N–H and O–H groups in total. The van der Waals surface area contributed by atoms with Crippen molar-refractivity contribution in [2.75, 3.05) is 0 Å². The van der Waals surface area contributed by atoms with Crippen LogP contribution in [0.5, 0.6) is 0 Å². The van der Waals surface area contributed by atoms with E-state index >= 15 is 0 Å². The SMILES string of the molecule is Cn1cc(C=Cc2cc(C(=O)O)ncn2)c(-c2ccccc2Cl)n1. The molecule has 0 atom stereocenters. The minimum absolute atomic E-state index is 0.0536. The molecule has 2 aromatic heterocycles. The third kappa shape index (κ3) is 3.33. The Bertz CT molecular complexity index is 934. The van der Waals surface area contributed by atoms with E-state index in [4.69, 9.17) is 16.7 Å². The summed E-state index contributed by atoms with van der Waals surface area (Å²) in [6, 6.07) is 8.87. The van der Waals surface area contributed by atoms with Gasteiger partial charge in [-0.3, -0.25) is 4.68 Å². The summed E-state index contributed by atoms with van der Waals surface area (Å²) in [7, 11) is 1.82. The van der Waals surface area contributed by atoms with Crippen LogP contribution in [-0.2, 0) is 7.05 Å². The van der Waals surface area contributed by atoms with Crippen LogP contribution in [0.2, 0.25) is 5.02 Å². The molecule has 1 aromatic carbocycles. The second-order valence-corrected chi connectivity index (χ2v) is 5.46. The standard InChI is InChI=1S/C17H13ClN4O2/c1-22-9-11(16(21-22)13-4-2-3-5-14(13)18)6-7-12-8-15(17(23)24)20-10-19-12/h2-10H,1H3,(H,23,24). The van der Waals surface area contributed by atoms with Crippen molar-refractivity contribution >= 4 is 29.7 Å². The van der Waals surface area contributed by atoms with E-state index in [-0.39, 0.29) is 5.69 Å². The topological polar surface area (TPSA) is 80.9 Å². The van der Waals surface area contributed by atoms with Gasteiger partial charge in [0.05, 0.1) is 10.7 Å². The zero-order valence-electron chi connectivity index (χ0n) is 12.7. The Labute approximate surface area is 143 Å². The smallest absolute Gasteiger partial charge is 0.354 e. The first kappa shape index (κ1) is 15.9. The monoisotopic (exact) mass is 340 g/mol. The maximum atomic E-state index is 11.0. The van der Waals surface area contributed by atoms with Crippen molar-refractivity contribution in [3.8, 4) is 11.3 Å². The number of rotatable bonds is 4. The molecule has 24 heavy (non-hydrogen) atoms. The normalized spacial score (nSPS) is 11.1. The summed E-state index contributed by atoms with van der Waals surface area (Å²) < 4.78 is 1.70. The number of halogens is 1. The molecular weight excluding hydrogens is 328 g/mol. The van der Waals surface area contributed by atoms with E-state index < -0.39 is 5.97 Å². The van der Waals surface area contributed by atoms with E-state index in [2.05, 4.69) is 15.1 Å². The van der Waals surface area contributed by atoms with Crippen LogP contribution >= 0.6 is 11.6 Å². The van der Waals surface area contributed by atoms with E-state index in [1.165, 1.54) is 12.4 Å². The van der Waals surface area contributed by atoms with Gasteiger partial charge < -0.3 is 5.11 Å². The summed E-state index contributed by atoms with van der Waals surface area (Å²) in [6.45, 7) is 0. The number of carboxylic acids is 1. The van der Waals surface area contributed by atoms with Crippen molar-refractivity contribution in [3.05, 3.63) is 64.8 Å². The van der Waals surface area contributed by atoms with E-state index in [0.717, 1.165) is 16.8 Å². The van der Waals surface area contributed by atoms with Crippen LogP contribution in [0.3, 0.4) is 0 Å². The molecule has 6 nitrogen and oxygen atoms in total. The van der Waals surface area contributed by atoms with Crippen molar-refractivity contribution < 1.29 is 9.90 Å². The van der Waals surface area contributed by atoms with Crippen molar-refractivity contribution in [3.63, 3.8) is 0 Å². The van der Waals surface area contributed by atoms with Gasteiger partial charge in [-0.25, -0.2) is 14.8 Å². The number of aromatic carboxylic acids is 1. The molecule has 0 aliphatic heterocycles. The molecule has 0 amide bonds. The van der Waals surface area contributed by atoms with E-state index in [0.29, 0.717) is 10.7 Å². The average molecular weight is 341 g/mol. The van der Waals surface area contributed by atoms with Crippen LogP contribution in [0.1, 0.15) is 21.7 Å². The molecule has 0 unspecified atom stereocenters. The number of nitrogens with zero attached hydrogens (tertiary/aromatic N) is 4. The van der Waals surface area contributed by atoms with Crippen LogP contribution in [0.25, 0.3) is 23.4 Å². The lowest BCUT2D eigenvalue weighted by Crippen LogP contribution is -2.00. The van der Waals surface area contributed by atoms with Gasteiger partial charge in [-0.15, -0.1) is 0 Å². The van der Waals surface area contributed by atoms with Gasteiger partial charge in [0.15, 0.2) is 5.69 Å². The van der Waals surface area contributed by atoms with Crippen molar-refractivity contribution in [1.82, 2.24) is 19.7 Å². The molecule has 0 saturated heterocycles. The average Bonchev–Trinajstić information content (AvgIpc) is 2.94. The third-order valence-corrected chi connectivity index (χ3v) is 3.66. The summed E-state index contributed by atoms with van der Waals surface area (Å²) in [4.78, 5) is 18.7. The predicted octanol–water partition coefficient (Wildman–Crippen LogP) is 3.40. The lowest BCUT2D eigenvalue weighted by Gasteiger charge is -2.01. The van der Waals surface area contributed by atoms with Crippen LogP contribution in [-0.4, -0.2) is 30.8 Å². The first-order valence-electron chi connectivity index (χ1n) is 7.06. The quantitative estimate of drug-likeness (QED) is 0.787. The van der Waals surface area contributed by atoms with E-state index in [1.54, 1.807) is 10.8 Å². The Morgan fingerprint density at radius 1 is 1.25 bits per heavy atom. The molecule has 0 fully saturated rings. The Kier molecular flexibility index (Phi) is 4.39. The molecule has 0 bridgehead atoms.